The topological polar surface area (TPSA) is 77.2 Å². The molecule has 27 heavy (non-hydrogen) atoms. The minimum absolute atomic E-state index is 0.0708. The number of hydrogen-bond acceptors (Lipinski definition) is 4. The van der Waals surface area contributed by atoms with Crippen LogP contribution in [0.15, 0.2) is 30.7 Å². The van der Waals surface area contributed by atoms with Crippen LogP contribution in [0.3, 0.4) is 0 Å². The number of ether oxygens (including phenoxy) is 1. The zero-order chi connectivity index (χ0) is 18.2. The Balaban J connectivity index is 1.35. The van der Waals surface area contributed by atoms with Crippen LogP contribution in [-0.4, -0.2) is 63.5 Å². The number of hydrogen-bond donors (Lipinski definition) is 2. The first-order valence-electron chi connectivity index (χ1n) is 9.48. The van der Waals surface area contributed by atoms with Gasteiger partial charge in [-0.1, -0.05) is 6.07 Å². The number of aromatic nitrogens is 3. The first-order valence-corrected chi connectivity index (χ1v) is 9.48. The highest BCUT2D eigenvalue weighted by atomic mass is 16.5. The summed E-state index contributed by atoms with van der Waals surface area (Å²) in [7, 11) is 0. The van der Waals surface area contributed by atoms with Crippen molar-refractivity contribution in [3.05, 3.63) is 53.2 Å². The van der Waals surface area contributed by atoms with E-state index in [-0.39, 0.29) is 5.91 Å². The van der Waals surface area contributed by atoms with Crippen LogP contribution in [0.1, 0.15) is 27.3 Å². The maximum absolute atomic E-state index is 13.0. The summed E-state index contributed by atoms with van der Waals surface area (Å²) < 4.78 is 5.43. The van der Waals surface area contributed by atoms with E-state index in [0.717, 1.165) is 61.7 Å². The molecule has 0 aliphatic carbocycles. The van der Waals surface area contributed by atoms with E-state index >= 15 is 0 Å². The SMILES string of the molecule is O=C(c1ccc2c(CN3CCOCC3)c[nH]c2c1)N1CCc2nc[nH]c2C1. The molecule has 0 spiro atoms. The lowest BCUT2D eigenvalue weighted by molar-refractivity contribution is 0.0343. The summed E-state index contributed by atoms with van der Waals surface area (Å²) in [4.78, 5) is 28.0. The number of morpholine rings is 1. The molecule has 3 aromatic rings. The Bertz CT molecular complexity index is 970. The van der Waals surface area contributed by atoms with Crippen molar-refractivity contribution in [2.75, 3.05) is 32.8 Å². The summed E-state index contributed by atoms with van der Waals surface area (Å²) in [5.41, 5.74) is 5.13. The Morgan fingerprint density at radius 2 is 2.07 bits per heavy atom. The van der Waals surface area contributed by atoms with Gasteiger partial charge in [0.2, 0.25) is 0 Å². The van der Waals surface area contributed by atoms with Gasteiger partial charge in [-0.15, -0.1) is 0 Å². The third-order valence-corrected chi connectivity index (χ3v) is 5.57. The number of carbonyl (C=O) groups excluding carboxylic acids is 1. The van der Waals surface area contributed by atoms with E-state index in [1.165, 1.54) is 10.9 Å². The van der Waals surface area contributed by atoms with E-state index in [4.69, 9.17) is 4.74 Å². The van der Waals surface area contributed by atoms with Crippen LogP contribution >= 0.6 is 0 Å². The van der Waals surface area contributed by atoms with E-state index < -0.39 is 0 Å². The highest BCUT2D eigenvalue weighted by molar-refractivity contribution is 5.98. The molecule has 1 amide bonds. The number of nitrogens with zero attached hydrogens (tertiary/aromatic N) is 3. The molecule has 2 aliphatic heterocycles. The molecule has 7 nitrogen and oxygen atoms in total. The standard InChI is InChI=1S/C20H23N5O2/c26-20(25-4-3-17-19(12-25)23-13-22-17)14-1-2-16-15(10-21-18(16)9-14)11-24-5-7-27-8-6-24/h1-2,9-10,13,21H,3-8,11-12H2,(H,22,23). The Kier molecular flexibility index (Phi) is 4.18. The first kappa shape index (κ1) is 16.5. The number of benzene rings is 1. The van der Waals surface area contributed by atoms with Crippen LogP contribution in [0.2, 0.25) is 0 Å². The number of aromatic amines is 2. The van der Waals surface area contributed by atoms with Crippen LogP contribution in [0.25, 0.3) is 10.9 Å². The van der Waals surface area contributed by atoms with E-state index in [2.05, 4.69) is 32.1 Å². The van der Waals surface area contributed by atoms with E-state index in [1.807, 2.05) is 17.0 Å². The fourth-order valence-corrected chi connectivity index (χ4v) is 4.02. The van der Waals surface area contributed by atoms with Gasteiger partial charge in [-0.25, -0.2) is 4.98 Å². The van der Waals surface area contributed by atoms with Gasteiger partial charge in [-0.3, -0.25) is 9.69 Å². The average molecular weight is 365 g/mol. The van der Waals surface area contributed by atoms with Crippen LogP contribution in [0, 0.1) is 0 Å². The van der Waals surface area contributed by atoms with Crippen molar-refractivity contribution in [1.29, 1.82) is 0 Å². The Morgan fingerprint density at radius 3 is 2.96 bits per heavy atom. The van der Waals surface area contributed by atoms with Crippen molar-refractivity contribution in [2.45, 2.75) is 19.5 Å². The van der Waals surface area contributed by atoms with Crippen LogP contribution < -0.4 is 0 Å². The number of carbonyl (C=O) groups is 1. The molecule has 0 saturated carbocycles. The molecular formula is C20H23N5O2. The third-order valence-electron chi connectivity index (χ3n) is 5.57. The predicted octanol–water partition coefficient (Wildman–Crippen LogP) is 1.92. The van der Waals surface area contributed by atoms with E-state index in [1.54, 1.807) is 6.33 Å². The van der Waals surface area contributed by atoms with Gasteiger partial charge in [0.1, 0.15) is 0 Å². The Labute approximate surface area is 157 Å². The Hall–Kier alpha value is -2.64. The second-order valence-corrected chi connectivity index (χ2v) is 7.27. The zero-order valence-electron chi connectivity index (χ0n) is 15.2. The molecule has 7 heteroatoms. The molecule has 1 aromatic carbocycles. The lowest BCUT2D eigenvalue weighted by atomic mass is 10.1. The lowest BCUT2D eigenvalue weighted by Gasteiger charge is -2.26. The van der Waals surface area contributed by atoms with Crippen molar-refractivity contribution >= 4 is 16.8 Å². The molecule has 1 fully saturated rings. The molecule has 2 aliphatic rings. The molecule has 1 saturated heterocycles. The van der Waals surface area contributed by atoms with Crippen LogP contribution in [0.5, 0.6) is 0 Å². The van der Waals surface area contributed by atoms with Gasteiger partial charge in [-0.05, 0) is 17.7 Å². The Morgan fingerprint density at radius 1 is 1.19 bits per heavy atom. The largest absolute Gasteiger partial charge is 0.379 e. The number of amides is 1. The normalized spacial score (nSPS) is 18.0. The van der Waals surface area contributed by atoms with Gasteiger partial charge in [0.05, 0.1) is 37.5 Å². The van der Waals surface area contributed by atoms with Gasteiger partial charge in [-0.2, -0.15) is 0 Å². The van der Waals surface area contributed by atoms with Crippen LogP contribution in [0.4, 0.5) is 0 Å². The summed E-state index contributed by atoms with van der Waals surface area (Å²) in [5, 5.41) is 1.19. The highest BCUT2D eigenvalue weighted by Gasteiger charge is 2.23. The van der Waals surface area contributed by atoms with Crippen molar-refractivity contribution in [3.8, 4) is 0 Å². The minimum Gasteiger partial charge on any atom is -0.379 e. The third kappa shape index (κ3) is 3.13. The van der Waals surface area contributed by atoms with Crippen molar-refractivity contribution in [2.24, 2.45) is 0 Å². The van der Waals surface area contributed by atoms with Crippen LogP contribution in [-0.2, 0) is 24.2 Å². The summed E-state index contributed by atoms with van der Waals surface area (Å²) in [6.07, 6.45) is 4.57. The average Bonchev–Trinajstić information content (AvgIpc) is 3.34. The summed E-state index contributed by atoms with van der Waals surface area (Å²) in [6, 6.07) is 5.99. The lowest BCUT2D eigenvalue weighted by Crippen LogP contribution is -2.36. The molecule has 0 atom stereocenters. The van der Waals surface area contributed by atoms with Crippen molar-refractivity contribution < 1.29 is 9.53 Å². The first-order chi connectivity index (χ1) is 13.3. The fourth-order valence-electron chi connectivity index (χ4n) is 4.02. The number of nitrogens with one attached hydrogen (secondary N) is 2. The molecule has 2 N–H and O–H groups in total. The van der Waals surface area contributed by atoms with Gasteiger partial charge in [0.15, 0.2) is 0 Å². The number of rotatable bonds is 3. The van der Waals surface area contributed by atoms with Gasteiger partial charge >= 0.3 is 0 Å². The maximum atomic E-state index is 13.0. The van der Waals surface area contributed by atoms with Gasteiger partial charge in [0.25, 0.3) is 5.91 Å². The fraction of sp³-hybridized carbons (Fsp3) is 0.400. The summed E-state index contributed by atoms with van der Waals surface area (Å²) in [5.74, 6) is 0.0708. The number of fused-ring (bicyclic) bond motifs is 2. The molecule has 5 rings (SSSR count). The second-order valence-electron chi connectivity index (χ2n) is 7.27. The predicted molar refractivity (Wildman–Crippen MR) is 101 cm³/mol. The zero-order valence-corrected chi connectivity index (χ0v) is 15.2. The second kappa shape index (κ2) is 6.83. The molecule has 140 valence electrons. The van der Waals surface area contributed by atoms with Gasteiger partial charge < -0.3 is 19.6 Å². The van der Waals surface area contributed by atoms with Crippen molar-refractivity contribution in [3.63, 3.8) is 0 Å². The quantitative estimate of drug-likeness (QED) is 0.743. The summed E-state index contributed by atoms with van der Waals surface area (Å²) >= 11 is 0. The molecular weight excluding hydrogens is 342 g/mol. The molecule has 0 bridgehead atoms. The molecule has 2 aromatic heterocycles. The number of imidazole rings is 1. The van der Waals surface area contributed by atoms with E-state index in [9.17, 15) is 4.79 Å². The van der Waals surface area contributed by atoms with E-state index in [0.29, 0.717) is 13.1 Å². The monoisotopic (exact) mass is 365 g/mol. The highest BCUT2D eigenvalue weighted by Crippen LogP contribution is 2.23. The van der Waals surface area contributed by atoms with Crippen molar-refractivity contribution in [1.82, 2.24) is 24.8 Å². The molecule has 0 radical (unpaired) electrons. The number of H-pyrrole nitrogens is 2. The molecule has 0 unspecified atom stereocenters. The molecule has 4 heterocycles. The summed E-state index contributed by atoms with van der Waals surface area (Å²) in [6.45, 7) is 5.75. The maximum Gasteiger partial charge on any atom is 0.254 e. The minimum atomic E-state index is 0.0708. The van der Waals surface area contributed by atoms with Gasteiger partial charge in [0, 0.05) is 55.3 Å². The smallest absolute Gasteiger partial charge is 0.254 e.